The summed E-state index contributed by atoms with van der Waals surface area (Å²) in [6.07, 6.45) is 1.87. The van der Waals surface area contributed by atoms with E-state index in [2.05, 4.69) is 4.98 Å². The first-order valence-corrected chi connectivity index (χ1v) is 13.0. The lowest BCUT2D eigenvalue weighted by Crippen LogP contribution is -2.21. The highest BCUT2D eigenvalue weighted by molar-refractivity contribution is 5.70. The summed E-state index contributed by atoms with van der Waals surface area (Å²) < 4.78 is 47.3. The van der Waals surface area contributed by atoms with Gasteiger partial charge in [-0.05, 0) is 52.1 Å². The molecule has 2 aromatic carbocycles. The lowest BCUT2D eigenvalue weighted by Gasteiger charge is -2.32. The number of carboxylic acids is 1. The average molecular weight is 542 g/mol. The van der Waals surface area contributed by atoms with Crippen LogP contribution in [0.2, 0.25) is 0 Å². The fourth-order valence-electron chi connectivity index (χ4n) is 4.89. The predicted octanol–water partition coefficient (Wildman–Crippen LogP) is 7.71. The predicted molar refractivity (Wildman–Crippen MR) is 146 cm³/mol. The number of benzene rings is 2. The number of nitrogens with zero attached hydrogens (tertiary/aromatic N) is 1. The van der Waals surface area contributed by atoms with E-state index in [4.69, 9.17) is 14.2 Å². The highest BCUT2D eigenvalue weighted by atomic mass is 19.1. The summed E-state index contributed by atoms with van der Waals surface area (Å²) in [5.41, 5.74) is 2.45. The Bertz CT molecular complexity index is 1290. The van der Waals surface area contributed by atoms with E-state index in [1.54, 1.807) is 37.4 Å². The van der Waals surface area contributed by atoms with Crippen LogP contribution in [0.25, 0.3) is 11.1 Å². The van der Waals surface area contributed by atoms with Crippen LogP contribution in [0.15, 0.2) is 48.7 Å². The molecule has 8 heteroatoms. The Hall–Kier alpha value is -3.52. The molecule has 2 atom stereocenters. The van der Waals surface area contributed by atoms with Crippen LogP contribution in [0.1, 0.15) is 75.7 Å². The number of ether oxygens (including phenoxy) is 3. The molecule has 1 N–H and O–H groups in total. The summed E-state index contributed by atoms with van der Waals surface area (Å²) in [6, 6.07) is 11.8. The Morgan fingerprint density at radius 2 is 1.79 bits per heavy atom. The van der Waals surface area contributed by atoms with Gasteiger partial charge in [0.05, 0.1) is 25.8 Å². The van der Waals surface area contributed by atoms with Crippen molar-refractivity contribution in [1.82, 2.24) is 4.98 Å². The lowest BCUT2D eigenvalue weighted by molar-refractivity contribution is -0.137. The molecule has 3 aromatic rings. The molecule has 1 aromatic heterocycles. The largest absolute Gasteiger partial charge is 0.486 e. The molecule has 39 heavy (non-hydrogen) atoms. The summed E-state index contributed by atoms with van der Waals surface area (Å²) in [6.45, 7) is 8.08. The first-order valence-electron chi connectivity index (χ1n) is 13.0. The van der Waals surface area contributed by atoms with Gasteiger partial charge in [-0.1, -0.05) is 58.4 Å². The Kier molecular flexibility index (Phi) is 10.0. The van der Waals surface area contributed by atoms with Crippen molar-refractivity contribution in [2.75, 3.05) is 14.2 Å². The van der Waals surface area contributed by atoms with E-state index in [1.165, 1.54) is 13.2 Å². The second-order valence-electron chi connectivity index (χ2n) is 10.6. The third kappa shape index (κ3) is 7.32. The van der Waals surface area contributed by atoms with Gasteiger partial charge in [0.25, 0.3) is 0 Å². The maximum Gasteiger partial charge on any atom is 0.303 e. The van der Waals surface area contributed by atoms with Crippen molar-refractivity contribution >= 4 is 5.97 Å². The number of methoxy groups -OCH3 is 2. The molecule has 0 saturated heterocycles. The smallest absolute Gasteiger partial charge is 0.303 e. The van der Waals surface area contributed by atoms with E-state index in [0.717, 1.165) is 23.7 Å². The van der Waals surface area contributed by atoms with Crippen LogP contribution in [0, 0.1) is 17.0 Å². The maximum absolute atomic E-state index is 15.4. The molecular weight excluding hydrogens is 504 g/mol. The number of halogens is 2. The van der Waals surface area contributed by atoms with Crippen LogP contribution in [0.4, 0.5) is 8.78 Å². The van der Waals surface area contributed by atoms with Gasteiger partial charge in [0, 0.05) is 18.7 Å². The van der Waals surface area contributed by atoms with Gasteiger partial charge in [-0.15, -0.1) is 0 Å². The second-order valence-corrected chi connectivity index (χ2v) is 10.6. The fourth-order valence-corrected chi connectivity index (χ4v) is 4.89. The monoisotopic (exact) mass is 541 g/mol. The SMILES string of the molecule is CCC[C@@H](CC(=O)O)c1cccc(OCc2ccc(-c3cc(OC)ncc3F)c([C@@H](OC)C(C)(C)C)c2)c1F. The van der Waals surface area contributed by atoms with E-state index in [1.807, 2.05) is 33.8 Å². The molecular formula is C31H37F2NO5. The molecule has 210 valence electrons. The minimum Gasteiger partial charge on any atom is -0.486 e. The number of hydrogen-bond acceptors (Lipinski definition) is 5. The van der Waals surface area contributed by atoms with Crippen molar-refractivity contribution in [3.63, 3.8) is 0 Å². The number of pyridine rings is 1. The van der Waals surface area contributed by atoms with E-state index < -0.39 is 29.6 Å². The van der Waals surface area contributed by atoms with Gasteiger partial charge in [0.2, 0.25) is 5.88 Å². The molecule has 0 radical (unpaired) electrons. The Labute approximate surface area is 229 Å². The quantitative estimate of drug-likeness (QED) is 0.253. The summed E-state index contributed by atoms with van der Waals surface area (Å²) in [7, 11) is 3.08. The Balaban J connectivity index is 1.99. The molecule has 0 unspecified atom stereocenters. The van der Waals surface area contributed by atoms with Crippen LogP contribution in [-0.4, -0.2) is 30.3 Å². The molecule has 3 rings (SSSR count). The second kappa shape index (κ2) is 13.0. The van der Waals surface area contributed by atoms with Gasteiger partial charge < -0.3 is 19.3 Å². The van der Waals surface area contributed by atoms with Crippen molar-refractivity contribution in [2.24, 2.45) is 5.41 Å². The van der Waals surface area contributed by atoms with Gasteiger partial charge in [-0.2, -0.15) is 0 Å². The first kappa shape index (κ1) is 30.0. The molecule has 0 amide bonds. The topological polar surface area (TPSA) is 77.9 Å². The van der Waals surface area contributed by atoms with Gasteiger partial charge in [-0.25, -0.2) is 13.8 Å². The number of hydrogen-bond donors (Lipinski definition) is 1. The molecule has 6 nitrogen and oxygen atoms in total. The average Bonchev–Trinajstić information content (AvgIpc) is 2.88. The Morgan fingerprint density at radius 1 is 1.05 bits per heavy atom. The standard InChI is InChI=1S/C31H37F2NO5/c1-7-9-20(15-28(35)36)21-10-8-11-26(29(21)33)39-18-19-12-13-22(23-16-27(37-5)34-17-25(23)32)24(14-19)30(38-6)31(2,3)4/h8,10-14,16-17,20,30H,7,9,15,18H2,1-6H3,(H,35,36)/t20-,30+/m0/s1. The summed E-state index contributed by atoms with van der Waals surface area (Å²) >= 11 is 0. The number of carbonyl (C=O) groups is 1. The van der Waals surface area contributed by atoms with E-state index in [-0.39, 0.29) is 30.1 Å². The lowest BCUT2D eigenvalue weighted by atomic mass is 9.81. The highest BCUT2D eigenvalue weighted by Crippen LogP contribution is 2.42. The molecule has 1 heterocycles. The zero-order valence-electron chi connectivity index (χ0n) is 23.4. The molecule has 0 spiro atoms. The van der Waals surface area contributed by atoms with Gasteiger partial charge in [0.1, 0.15) is 12.4 Å². The molecule has 0 fully saturated rings. The number of aromatic nitrogens is 1. The number of carboxylic acid groups (broad SMARTS) is 1. The summed E-state index contributed by atoms with van der Waals surface area (Å²) in [5, 5.41) is 9.29. The van der Waals surface area contributed by atoms with Crippen molar-refractivity contribution in [2.45, 2.75) is 65.6 Å². The Morgan fingerprint density at radius 3 is 2.41 bits per heavy atom. The van der Waals surface area contributed by atoms with E-state index >= 15 is 4.39 Å². The van der Waals surface area contributed by atoms with E-state index in [0.29, 0.717) is 23.1 Å². The normalized spacial score (nSPS) is 13.1. The highest BCUT2D eigenvalue weighted by Gasteiger charge is 2.30. The molecule has 0 bridgehead atoms. The third-order valence-corrected chi connectivity index (χ3v) is 6.64. The minimum atomic E-state index is -0.971. The minimum absolute atomic E-state index is 0.0494. The summed E-state index contributed by atoms with van der Waals surface area (Å²) in [4.78, 5) is 15.3. The van der Waals surface area contributed by atoms with Crippen LogP contribution in [-0.2, 0) is 16.1 Å². The van der Waals surface area contributed by atoms with Crippen molar-refractivity contribution in [3.05, 3.63) is 77.0 Å². The van der Waals surface area contributed by atoms with Crippen molar-refractivity contribution < 1.29 is 32.9 Å². The zero-order valence-corrected chi connectivity index (χ0v) is 23.4. The number of rotatable bonds is 12. The fraction of sp³-hybridized carbons (Fsp3) is 0.419. The number of aliphatic carboxylic acids is 1. The molecule has 0 aliphatic heterocycles. The molecule has 0 saturated carbocycles. The van der Waals surface area contributed by atoms with Crippen LogP contribution >= 0.6 is 0 Å². The van der Waals surface area contributed by atoms with Gasteiger partial charge in [-0.3, -0.25) is 4.79 Å². The van der Waals surface area contributed by atoms with Crippen LogP contribution in [0.3, 0.4) is 0 Å². The van der Waals surface area contributed by atoms with Gasteiger partial charge >= 0.3 is 5.97 Å². The zero-order chi connectivity index (χ0) is 28.7. The summed E-state index contributed by atoms with van der Waals surface area (Å²) in [5.74, 6) is -2.12. The first-order chi connectivity index (χ1) is 18.5. The van der Waals surface area contributed by atoms with Crippen molar-refractivity contribution in [3.8, 4) is 22.8 Å². The molecule has 0 aliphatic rings. The van der Waals surface area contributed by atoms with Crippen LogP contribution < -0.4 is 9.47 Å². The maximum atomic E-state index is 15.4. The van der Waals surface area contributed by atoms with E-state index in [9.17, 15) is 14.3 Å². The van der Waals surface area contributed by atoms with Crippen molar-refractivity contribution in [1.29, 1.82) is 0 Å². The van der Waals surface area contributed by atoms with Crippen LogP contribution in [0.5, 0.6) is 11.6 Å². The molecule has 0 aliphatic carbocycles. The van der Waals surface area contributed by atoms with Gasteiger partial charge in [0.15, 0.2) is 11.6 Å². The third-order valence-electron chi connectivity index (χ3n) is 6.64.